The van der Waals surface area contributed by atoms with E-state index in [0.29, 0.717) is 11.5 Å². The average Bonchev–Trinajstić information content (AvgIpc) is 3.26. The summed E-state index contributed by atoms with van der Waals surface area (Å²) in [6, 6.07) is 10.8. The molecule has 158 valence electrons. The predicted molar refractivity (Wildman–Crippen MR) is 117 cm³/mol. The van der Waals surface area contributed by atoms with Crippen molar-refractivity contribution in [3.63, 3.8) is 0 Å². The first-order valence-corrected chi connectivity index (χ1v) is 10.3. The number of amides is 1. The molecule has 2 aliphatic rings. The summed E-state index contributed by atoms with van der Waals surface area (Å²) in [7, 11) is 0. The van der Waals surface area contributed by atoms with Crippen LogP contribution in [-0.4, -0.2) is 35.6 Å². The first-order chi connectivity index (χ1) is 14.1. The number of halogens is 2. The molecule has 3 aromatic rings. The molecule has 1 amide bonds. The Morgan fingerprint density at radius 2 is 1.97 bits per heavy atom. The molecular weight excluding hydrogens is 405 g/mol. The van der Waals surface area contributed by atoms with Gasteiger partial charge in [0.15, 0.2) is 5.58 Å². The number of benzene rings is 2. The van der Waals surface area contributed by atoms with Gasteiger partial charge in [0, 0.05) is 53.8 Å². The van der Waals surface area contributed by atoms with Crippen molar-refractivity contribution in [3.8, 4) is 0 Å². The van der Waals surface area contributed by atoms with Crippen molar-refractivity contribution in [2.75, 3.05) is 24.5 Å². The van der Waals surface area contributed by atoms with Crippen molar-refractivity contribution in [1.29, 1.82) is 0 Å². The van der Waals surface area contributed by atoms with Gasteiger partial charge in [0.05, 0.1) is 11.7 Å². The van der Waals surface area contributed by atoms with Crippen molar-refractivity contribution in [1.82, 2.24) is 10.1 Å². The number of hydrogen-bond acceptors (Lipinski definition) is 4. The van der Waals surface area contributed by atoms with Gasteiger partial charge in [0.25, 0.3) is 5.91 Å². The summed E-state index contributed by atoms with van der Waals surface area (Å²) in [5, 5.41) is 5.15. The molecule has 1 aromatic heterocycles. The fraction of sp³-hybridized carbons (Fsp3) is 0.391. The molecule has 5 rings (SSSR count). The van der Waals surface area contributed by atoms with E-state index < -0.39 is 0 Å². The standard InChI is InChI=1S/C23H24FN3O2.ClH/c1-3-27-14(2)21-18(23(27)28)5-4-6-19(21)26-11-9-15(10-12-26)22-17-8-7-16(24)13-20(17)29-25-22;/h4-8,13-15H,3,9-12H2,1-2H3;1H. The van der Waals surface area contributed by atoms with E-state index in [4.69, 9.17) is 4.52 Å². The number of anilines is 1. The number of fused-ring (bicyclic) bond motifs is 2. The Kier molecular flexibility index (Phi) is 5.45. The normalized spacial score (nSPS) is 19.3. The van der Waals surface area contributed by atoms with Gasteiger partial charge in [-0.1, -0.05) is 11.2 Å². The van der Waals surface area contributed by atoms with Gasteiger partial charge >= 0.3 is 0 Å². The molecule has 0 N–H and O–H groups in total. The van der Waals surface area contributed by atoms with Crippen LogP contribution in [0.1, 0.15) is 60.3 Å². The molecule has 0 aliphatic carbocycles. The lowest BCUT2D eigenvalue weighted by Gasteiger charge is -2.35. The molecule has 30 heavy (non-hydrogen) atoms. The second-order valence-corrected chi connectivity index (χ2v) is 7.98. The summed E-state index contributed by atoms with van der Waals surface area (Å²) >= 11 is 0. The smallest absolute Gasteiger partial charge is 0.254 e. The van der Waals surface area contributed by atoms with Gasteiger partial charge in [-0.05, 0) is 51.0 Å². The molecule has 1 saturated heterocycles. The van der Waals surface area contributed by atoms with Crippen LogP contribution in [0.4, 0.5) is 10.1 Å². The monoisotopic (exact) mass is 429 g/mol. The highest BCUT2D eigenvalue weighted by molar-refractivity contribution is 6.01. The summed E-state index contributed by atoms with van der Waals surface area (Å²) in [5.41, 5.74) is 4.60. The molecule has 0 spiro atoms. The summed E-state index contributed by atoms with van der Waals surface area (Å²) in [5.74, 6) is 0.117. The maximum Gasteiger partial charge on any atom is 0.254 e. The van der Waals surface area contributed by atoms with Crippen LogP contribution < -0.4 is 4.90 Å². The molecule has 3 heterocycles. The van der Waals surface area contributed by atoms with Crippen LogP contribution in [0.15, 0.2) is 40.9 Å². The van der Waals surface area contributed by atoms with Crippen LogP contribution in [0.2, 0.25) is 0 Å². The summed E-state index contributed by atoms with van der Waals surface area (Å²) in [6.45, 7) is 6.65. The van der Waals surface area contributed by atoms with Gasteiger partial charge in [-0.3, -0.25) is 4.79 Å². The molecule has 1 atom stereocenters. The first-order valence-electron chi connectivity index (χ1n) is 10.3. The van der Waals surface area contributed by atoms with E-state index in [1.54, 1.807) is 6.07 Å². The number of nitrogens with zero attached hydrogens (tertiary/aromatic N) is 3. The number of hydrogen-bond donors (Lipinski definition) is 0. The number of carbonyl (C=O) groups is 1. The minimum Gasteiger partial charge on any atom is -0.371 e. The molecule has 2 aromatic carbocycles. The van der Waals surface area contributed by atoms with E-state index in [2.05, 4.69) is 23.0 Å². The summed E-state index contributed by atoms with van der Waals surface area (Å²) in [6.07, 6.45) is 1.89. The van der Waals surface area contributed by atoms with Crippen LogP contribution >= 0.6 is 12.4 Å². The Morgan fingerprint density at radius 1 is 1.20 bits per heavy atom. The van der Waals surface area contributed by atoms with Gasteiger partial charge in [-0.2, -0.15) is 0 Å². The highest BCUT2D eigenvalue weighted by Gasteiger charge is 2.36. The van der Waals surface area contributed by atoms with Crippen LogP contribution in [-0.2, 0) is 0 Å². The molecule has 0 radical (unpaired) electrons. The minimum absolute atomic E-state index is 0. The molecule has 0 saturated carbocycles. The zero-order valence-corrected chi connectivity index (χ0v) is 17.9. The summed E-state index contributed by atoms with van der Waals surface area (Å²) in [4.78, 5) is 17.0. The summed E-state index contributed by atoms with van der Waals surface area (Å²) < 4.78 is 18.8. The molecule has 1 unspecified atom stereocenters. The molecule has 0 bridgehead atoms. The van der Waals surface area contributed by atoms with Crippen molar-refractivity contribution in [3.05, 3.63) is 59.0 Å². The third-order valence-corrected chi connectivity index (χ3v) is 6.48. The SMILES string of the molecule is CCN1C(=O)c2cccc(N3CCC(c4noc5cc(F)ccc45)CC3)c2C1C.Cl. The number of rotatable bonds is 3. The lowest BCUT2D eigenvalue weighted by Crippen LogP contribution is -2.34. The van der Waals surface area contributed by atoms with Gasteiger partial charge in [-0.25, -0.2) is 4.39 Å². The van der Waals surface area contributed by atoms with Gasteiger partial charge < -0.3 is 14.3 Å². The highest BCUT2D eigenvalue weighted by Crippen LogP contribution is 2.41. The Balaban J connectivity index is 0.00000218. The van der Waals surface area contributed by atoms with Crippen LogP contribution in [0, 0.1) is 5.82 Å². The largest absolute Gasteiger partial charge is 0.371 e. The van der Waals surface area contributed by atoms with Crippen LogP contribution in [0.25, 0.3) is 11.0 Å². The maximum atomic E-state index is 13.4. The lowest BCUT2D eigenvalue weighted by atomic mass is 9.90. The van der Waals surface area contributed by atoms with Crippen LogP contribution in [0.5, 0.6) is 0 Å². The van der Waals surface area contributed by atoms with Crippen LogP contribution in [0.3, 0.4) is 0 Å². The van der Waals surface area contributed by atoms with E-state index in [0.717, 1.165) is 54.7 Å². The fourth-order valence-electron chi connectivity index (χ4n) is 4.98. The molecule has 1 fully saturated rings. The Morgan fingerprint density at radius 3 is 2.70 bits per heavy atom. The maximum absolute atomic E-state index is 13.4. The quantitative estimate of drug-likeness (QED) is 0.566. The molecule has 2 aliphatic heterocycles. The van der Waals surface area contributed by atoms with Crippen molar-refractivity contribution < 1.29 is 13.7 Å². The lowest BCUT2D eigenvalue weighted by molar-refractivity contribution is 0.0748. The second-order valence-electron chi connectivity index (χ2n) is 7.98. The minimum atomic E-state index is -0.308. The van der Waals surface area contributed by atoms with E-state index in [1.165, 1.54) is 17.8 Å². The Hall–Kier alpha value is -2.60. The van der Waals surface area contributed by atoms with E-state index in [-0.39, 0.29) is 30.2 Å². The van der Waals surface area contributed by atoms with E-state index >= 15 is 0 Å². The molecule has 7 heteroatoms. The zero-order valence-electron chi connectivity index (χ0n) is 17.1. The third-order valence-electron chi connectivity index (χ3n) is 6.48. The van der Waals surface area contributed by atoms with E-state index in [1.807, 2.05) is 24.0 Å². The van der Waals surface area contributed by atoms with Crippen molar-refractivity contribution >= 4 is 35.0 Å². The Labute approximate surface area is 181 Å². The number of aromatic nitrogens is 1. The van der Waals surface area contributed by atoms with E-state index in [9.17, 15) is 9.18 Å². The topological polar surface area (TPSA) is 49.6 Å². The third kappa shape index (κ3) is 3.14. The second kappa shape index (κ2) is 7.91. The fourth-order valence-corrected chi connectivity index (χ4v) is 4.98. The molecular formula is C23H25ClFN3O2. The van der Waals surface area contributed by atoms with Gasteiger partial charge in [0.2, 0.25) is 0 Å². The van der Waals surface area contributed by atoms with Gasteiger partial charge in [-0.15, -0.1) is 12.4 Å². The molecule has 5 nitrogen and oxygen atoms in total. The Bertz CT molecular complexity index is 1090. The predicted octanol–water partition coefficient (Wildman–Crippen LogP) is 5.31. The van der Waals surface area contributed by atoms with Gasteiger partial charge in [0.1, 0.15) is 5.82 Å². The van der Waals surface area contributed by atoms with Crippen molar-refractivity contribution in [2.45, 2.75) is 38.6 Å². The first kappa shape index (κ1) is 20.7. The van der Waals surface area contributed by atoms with Crippen molar-refractivity contribution in [2.24, 2.45) is 0 Å². The number of piperidine rings is 1. The zero-order chi connectivity index (χ0) is 20.1. The highest BCUT2D eigenvalue weighted by atomic mass is 35.5. The number of carbonyl (C=O) groups excluding carboxylic acids is 1. The average molecular weight is 430 g/mol.